The Kier molecular flexibility index (Phi) is 4.00. The van der Waals surface area contributed by atoms with Crippen molar-refractivity contribution in [3.8, 4) is 0 Å². The van der Waals surface area contributed by atoms with Crippen molar-refractivity contribution in [3.05, 3.63) is 24.0 Å². The number of nitrogens with one attached hydrogen (secondary N) is 1. The number of pyridine rings is 1. The Hall–Kier alpha value is -1.09. The van der Waals surface area contributed by atoms with Crippen molar-refractivity contribution >= 4 is 5.69 Å². The van der Waals surface area contributed by atoms with Gasteiger partial charge < -0.3 is 10.2 Å². The molecule has 2 rings (SSSR count). The maximum absolute atomic E-state index is 4.41. The van der Waals surface area contributed by atoms with Gasteiger partial charge in [0, 0.05) is 30.9 Å². The molecule has 1 aromatic rings. The molecule has 0 spiro atoms. The lowest BCUT2D eigenvalue weighted by atomic mass is 10.0. The lowest BCUT2D eigenvalue weighted by molar-refractivity contribution is 0.378. The largest absolute Gasteiger partial charge is 0.364 e. The molecule has 2 unspecified atom stereocenters. The van der Waals surface area contributed by atoms with Gasteiger partial charge in [-0.05, 0) is 31.9 Å². The summed E-state index contributed by atoms with van der Waals surface area (Å²) in [6.07, 6.45) is 4.37. The Morgan fingerprint density at radius 2 is 2.18 bits per heavy atom. The van der Waals surface area contributed by atoms with E-state index in [1.807, 2.05) is 13.1 Å². The zero-order chi connectivity index (χ0) is 12.3. The third kappa shape index (κ3) is 2.78. The maximum atomic E-state index is 4.41. The molecule has 0 saturated carbocycles. The van der Waals surface area contributed by atoms with Gasteiger partial charge in [0.25, 0.3) is 0 Å². The van der Waals surface area contributed by atoms with Gasteiger partial charge in [0.15, 0.2) is 0 Å². The van der Waals surface area contributed by atoms with E-state index in [1.165, 1.54) is 18.5 Å². The Bertz CT molecular complexity index is 347. The zero-order valence-electron chi connectivity index (χ0n) is 11.1. The normalized spacial score (nSPS) is 25.0. The van der Waals surface area contributed by atoms with E-state index in [0.29, 0.717) is 12.1 Å². The van der Waals surface area contributed by atoms with Crippen molar-refractivity contribution in [2.45, 2.75) is 45.7 Å². The van der Waals surface area contributed by atoms with E-state index >= 15 is 0 Å². The highest BCUT2D eigenvalue weighted by Gasteiger charge is 2.25. The first kappa shape index (κ1) is 12.4. The van der Waals surface area contributed by atoms with E-state index in [0.717, 1.165) is 18.8 Å². The van der Waals surface area contributed by atoms with Crippen LogP contribution in [0.5, 0.6) is 0 Å². The van der Waals surface area contributed by atoms with Crippen LogP contribution in [0.15, 0.2) is 18.3 Å². The monoisotopic (exact) mass is 233 g/mol. The first-order chi connectivity index (χ1) is 8.24. The van der Waals surface area contributed by atoms with Crippen LogP contribution in [-0.2, 0) is 0 Å². The highest BCUT2D eigenvalue weighted by molar-refractivity contribution is 5.46. The summed E-state index contributed by atoms with van der Waals surface area (Å²) < 4.78 is 0. The number of anilines is 1. The van der Waals surface area contributed by atoms with Crippen LogP contribution in [0.2, 0.25) is 0 Å². The molecule has 1 aliphatic heterocycles. The summed E-state index contributed by atoms with van der Waals surface area (Å²) in [7, 11) is 0. The van der Waals surface area contributed by atoms with Crippen LogP contribution in [0, 0.1) is 6.92 Å². The van der Waals surface area contributed by atoms with E-state index in [-0.39, 0.29) is 0 Å². The molecule has 1 saturated heterocycles. The number of hydrogen-bond donors (Lipinski definition) is 1. The van der Waals surface area contributed by atoms with E-state index < -0.39 is 0 Å². The number of hydrogen-bond acceptors (Lipinski definition) is 3. The van der Waals surface area contributed by atoms with Gasteiger partial charge in [-0.2, -0.15) is 0 Å². The Labute approximate surface area is 104 Å². The summed E-state index contributed by atoms with van der Waals surface area (Å²) in [6.45, 7) is 8.72. The number of rotatable bonds is 3. The molecule has 1 fully saturated rings. The van der Waals surface area contributed by atoms with Crippen molar-refractivity contribution in [1.82, 2.24) is 10.3 Å². The minimum Gasteiger partial charge on any atom is -0.364 e. The lowest BCUT2D eigenvalue weighted by Crippen LogP contribution is -2.56. The minimum atomic E-state index is 0.599. The first-order valence-electron chi connectivity index (χ1n) is 6.67. The van der Waals surface area contributed by atoms with Crippen molar-refractivity contribution in [1.29, 1.82) is 0 Å². The van der Waals surface area contributed by atoms with Gasteiger partial charge in [0.1, 0.15) is 0 Å². The van der Waals surface area contributed by atoms with Crippen LogP contribution in [0.3, 0.4) is 0 Å². The van der Waals surface area contributed by atoms with Crippen LogP contribution in [0.25, 0.3) is 0 Å². The molecular formula is C14H23N3. The van der Waals surface area contributed by atoms with Crippen LogP contribution in [0.4, 0.5) is 5.69 Å². The zero-order valence-corrected chi connectivity index (χ0v) is 11.1. The molecule has 3 nitrogen and oxygen atoms in total. The van der Waals surface area contributed by atoms with Crippen LogP contribution >= 0.6 is 0 Å². The van der Waals surface area contributed by atoms with Crippen molar-refractivity contribution in [2.75, 3.05) is 18.0 Å². The van der Waals surface area contributed by atoms with E-state index in [2.05, 4.69) is 41.2 Å². The number of aromatic nitrogens is 1. The van der Waals surface area contributed by atoms with Gasteiger partial charge >= 0.3 is 0 Å². The first-order valence-corrected chi connectivity index (χ1v) is 6.67. The van der Waals surface area contributed by atoms with Crippen molar-refractivity contribution in [2.24, 2.45) is 0 Å². The second-order valence-electron chi connectivity index (χ2n) is 4.89. The molecule has 94 valence electrons. The van der Waals surface area contributed by atoms with Gasteiger partial charge in [-0.25, -0.2) is 0 Å². The third-order valence-electron chi connectivity index (χ3n) is 3.69. The fourth-order valence-corrected chi connectivity index (χ4v) is 2.45. The predicted molar refractivity (Wildman–Crippen MR) is 72.5 cm³/mol. The highest BCUT2D eigenvalue weighted by Crippen LogP contribution is 2.21. The predicted octanol–water partition coefficient (Wildman–Crippen LogP) is 2.36. The molecule has 2 atom stereocenters. The van der Waals surface area contributed by atoms with Gasteiger partial charge in [-0.1, -0.05) is 13.8 Å². The lowest BCUT2D eigenvalue weighted by Gasteiger charge is -2.41. The van der Waals surface area contributed by atoms with E-state index in [9.17, 15) is 0 Å². The van der Waals surface area contributed by atoms with Gasteiger partial charge in [-0.3, -0.25) is 4.98 Å². The standard InChI is InChI=1S/C14H23N3/c1-4-12-10-17(13(5-2)8-16-12)14-7-6-11(3)15-9-14/h6-7,9,12-13,16H,4-5,8,10H2,1-3H3. The molecule has 17 heavy (non-hydrogen) atoms. The second-order valence-corrected chi connectivity index (χ2v) is 4.89. The van der Waals surface area contributed by atoms with E-state index in [1.54, 1.807) is 0 Å². The molecular weight excluding hydrogens is 210 g/mol. The molecule has 3 heteroatoms. The van der Waals surface area contributed by atoms with E-state index in [4.69, 9.17) is 0 Å². The molecule has 2 heterocycles. The van der Waals surface area contributed by atoms with Gasteiger partial charge in [-0.15, -0.1) is 0 Å². The van der Waals surface area contributed by atoms with Crippen molar-refractivity contribution < 1.29 is 0 Å². The molecule has 1 N–H and O–H groups in total. The number of nitrogens with zero attached hydrogens (tertiary/aromatic N) is 2. The Morgan fingerprint density at radius 3 is 2.76 bits per heavy atom. The minimum absolute atomic E-state index is 0.599. The molecule has 0 amide bonds. The summed E-state index contributed by atoms with van der Waals surface area (Å²) >= 11 is 0. The SMILES string of the molecule is CCC1CN(c2ccc(C)nc2)C(CC)CN1. The van der Waals surface area contributed by atoms with Crippen LogP contribution < -0.4 is 10.2 Å². The molecule has 0 aromatic carbocycles. The third-order valence-corrected chi connectivity index (χ3v) is 3.69. The summed E-state index contributed by atoms with van der Waals surface area (Å²) in [5, 5.41) is 3.62. The average Bonchev–Trinajstić information content (AvgIpc) is 2.39. The molecule has 1 aliphatic rings. The molecule has 1 aromatic heterocycles. The fraction of sp³-hybridized carbons (Fsp3) is 0.643. The Morgan fingerprint density at radius 1 is 1.35 bits per heavy atom. The van der Waals surface area contributed by atoms with Crippen molar-refractivity contribution in [3.63, 3.8) is 0 Å². The van der Waals surface area contributed by atoms with Gasteiger partial charge in [0.2, 0.25) is 0 Å². The number of aryl methyl sites for hydroxylation is 1. The second kappa shape index (κ2) is 5.50. The summed E-state index contributed by atoms with van der Waals surface area (Å²) in [6, 6.07) is 5.51. The smallest absolute Gasteiger partial charge is 0.0556 e. The molecule has 0 bridgehead atoms. The summed E-state index contributed by atoms with van der Waals surface area (Å²) in [5.41, 5.74) is 2.35. The van der Waals surface area contributed by atoms with Crippen LogP contribution in [-0.4, -0.2) is 30.2 Å². The Balaban J connectivity index is 2.17. The highest BCUT2D eigenvalue weighted by atomic mass is 15.2. The quantitative estimate of drug-likeness (QED) is 0.868. The molecule has 0 aliphatic carbocycles. The molecule has 0 radical (unpaired) electrons. The number of piperazine rings is 1. The average molecular weight is 233 g/mol. The van der Waals surface area contributed by atoms with Gasteiger partial charge in [0.05, 0.1) is 11.9 Å². The maximum Gasteiger partial charge on any atom is 0.0556 e. The fourth-order valence-electron chi connectivity index (χ4n) is 2.45. The summed E-state index contributed by atoms with van der Waals surface area (Å²) in [5.74, 6) is 0. The topological polar surface area (TPSA) is 28.2 Å². The summed E-state index contributed by atoms with van der Waals surface area (Å²) in [4.78, 5) is 6.92. The van der Waals surface area contributed by atoms with Crippen LogP contribution in [0.1, 0.15) is 32.4 Å².